The van der Waals surface area contributed by atoms with Crippen molar-refractivity contribution in [2.45, 2.75) is 32.9 Å². The Hall–Kier alpha value is -2.55. The lowest BCUT2D eigenvalue weighted by molar-refractivity contribution is 0.0748. The zero-order valence-corrected chi connectivity index (χ0v) is 13.5. The van der Waals surface area contributed by atoms with Crippen LogP contribution in [0.5, 0.6) is 5.75 Å². The number of hydrogen-bond donors (Lipinski definition) is 1. The third-order valence-corrected chi connectivity index (χ3v) is 4.41. The summed E-state index contributed by atoms with van der Waals surface area (Å²) in [6, 6.07) is 11.8. The molecule has 0 fully saturated rings. The zero-order valence-electron chi connectivity index (χ0n) is 13.5. The molecule has 1 aliphatic heterocycles. The second kappa shape index (κ2) is 5.92. The fourth-order valence-electron chi connectivity index (χ4n) is 2.98. The number of nitrogens with zero attached hydrogens (tertiary/aromatic N) is 1. The molecule has 1 amide bonds. The van der Waals surface area contributed by atoms with E-state index < -0.39 is 0 Å². The first-order valence-corrected chi connectivity index (χ1v) is 7.86. The van der Waals surface area contributed by atoms with E-state index in [1.165, 1.54) is 11.1 Å². The van der Waals surface area contributed by atoms with E-state index in [4.69, 9.17) is 0 Å². The van der Waals surface area contributed by atoms with E-state index in [-0.39, 0.29) is 17.6 Å². The van der Waals surface area contributed by atoms with Crippen LogP contribution in [-0.2, 0) is 13.1 Å². The number of hydrogen-bond acceptors (Lipinski definition) is 2. The summed E-state index contributed by atoms with van der Waals surface area (Å²) in [6.45, 7) is 9.05. The van der Waals surface area contributed by atoms with Gasteiger partial charge in [-0.25, -0.2) is 0 Å². The number of amides is 1. The molecule has 2 aromatic carbocycles. The minimum Gasteiger partial charge on any atom is -0.506 e. The lowest BCUT2D eigenvalue weighted by Gasteiger charge is -2.19. The molecule has 0 spiro atoms. The molecule has 0 aromatic heterocycles. The number of fused-ring (bicyclic) bond motifs is 1. The van der Waals surface area contributed by atoms with Gasteiger partial charge in [-0.2, -0.15) is 0 Å². The molecular weight excluding hydrogens is 286 g/mol. The van der Waals surface area contributed by atoms with Crippen LogP contribution in [-0.4, -0.2) is 15.9 Å². The van der Waals surface area contributed by atoms with Gasteiger partial charge in [-0.15, -0.1) is 0 Å². The lowest BCUT2D eigenvalue weighted by atomic mass is 9.96. The molecule has 3 nitrogen and oxygen atoms in total. The monoisotopic (exact) mass is 307 g/mol. The maximum absolute atomic E-state index is 12.9. The SMILES string of the molecule is C=Cc1cc(C(C)C)cc(C(=O)N2Cc3ccccc3C2)c1O. The Balaban J connectivity index is 1.97. The fourth-order valence-corrected chi connectivity index (χ4v) is 2.98. The second-order valence-corrected chi connectivity index (χ2v) is 6.30. The summed E-state index contributed by atoms with van der Waals surface area (Å²) in [5, 5.41) is 10.4. The van der Waals surface area contributed by atoms with Crippen LogP contribution < -0.4 is 0 Å². The van der Waals surface area contributed by atoms with Gasteiger partial charge in [0, 0.05) is 18.7 Å². The molecule has 0 aliphatic carbocycles. The smallest absolute Gasteiger partial charge is 0.258 e. The molecule has 2 aromatic rings. The molecule has 23 heavy (non-hydrogen) atoms. The van der Waals surface area contributed by atoms with Crippen molar-refractivity contribution >= 4 is 12.0 Å². The van der Waals surface area contributed by atoms with Gasteiger partial charge in [-0.3, -0.25) is 4.79 Å². The van der Waals surface area contributed by atoms with E-state index in [2.05, 4.69) is 20.4 Å². The van der Waals surface area contributed by atoms with Gasteiger partial charge in [0.25, 0.3) is 5.91 Å². The molecule has 1 aliphatic rings. The van der Waals surface area contributed by atoms with Crippen LogP contribution in [0.25, 0.3) is 6.08 Å². The van der Waals surface area contributed by atoms with E-state index in [0.717, 1.165) is 5.56 Å². The average molecular weight is 307 g/mol. The van der Waals surface area contributed by atoms with Gasteiger partial charge in [0.2, 0.25) is 0 Å². The first-order valence-electron chi connectivity index (χ1n) is 7.86. The Morgan fingerprint density at radius 3 is 2.35 bits per heavy atom. The van der Waals surface area contributed by atoms with Crippen LogP contribution in [0.1, 0.15) is 52.4 Å². The molecule has 0 saturated heterocycles. The maximum atomic E-state index is 12.9. The van der Waals surface area contributed by atoms with Crippen LogP contribution in [0, 0.1) is 0 Å². The van der Waals surface area contributed by atoms with Crippen LogP contribution >= 0.6 is 0 Å². The normalized spacial score (nSPS) is 13.3. The number of benzene rings is 2. The van der Waals surface area contributed by atoms with Crippen molar-refractivity contribution in [3.63, 3.8) is 0 Å². The molecule has 1 N–H and O–H groups in total. The standard InChI is InChI=1S/C20H21NO2/c1-4-14-9-17(13(2)3)10-18(19(14)22)20(23)21-11-15-7-5-6-8-16(15)12-21/h4-10,13,22H,1,11-12H2,2-3H3. The van der Waals surface area contributed by atoms with E-state index in [1.807, 2.05) is 30.3 Å². The summed E-state index contributed by atoms with van der Waals surface area (Å²) in [5.41, 5.74) is 4.33. The number of phenolic OH excluding ortho intramolecular Hbond substituents is 1. The first kappa shape index (κ1) is 15.3. The molecule has 0 bridgehead atoms. The highest BCUT2D eigenvalue weighted by molar-refractivity contribution is 5.98. The van der Waals surface area contributed by atoms with E-state index >= 15 is 0 Å². The summed E-state index contributed by atoms with van der Waals surface area (Å²) in [6.07, 6.45) is 1.59. The molecule has 3 rings (SSSR count). The number of rotatable bonds is 3. The Labute approximate surface area is 136 Å². The van der Waals surface area contributed by atoms with Gasteiger partial charge in [0.1, 0.15) is 5.75 Å². The Morgan fingerprint density at radius 2 is 1.83 bits per heavy atom. The zero-order chi connectivity index (χ0) is 16.6. The summed E-state index contributed by atoms with van der Waals surface area (Å²) in [4.78, 5) is 14.7. The van der Waals surface area contributed by atoms with Gasteiger partial charge in [-0.05, 0) is 34.7 Å². The van der Waals surface area contributed by atoms with E-state index in [1.54, 1.807) is 17.0 Å². The summed E-state index contributed by atoms with van der Waals surface area (Å²) < 4.78 is 0. The summed E-state index contributed by atoms with van der Waals surface area (Å²) in [7, 11) is 0. The van der Waals surface area contributed by atoms with Crippen molar-refractivity contribution in [1.29, 1.82) is 0 Å². The van der Waals surface area contributed by atoms with Crippen molar-refractivity contribution in [1.82, 2.24) is 4.90 Å². The van der Waals surface area contributed by atoms with Crippen molar-refractivity contribution in [3.05, 3.63) is 70.8 Å². The first-order chi connectivity index (χ1) is 11.0. The molecule has 0 radical (unpaired) electrons. The predicted molar refractivity (Wildman–Crippen MR) is 92.3 cm³/mol. The number of aromatic hydroxyl groups is 1. The largest absolute Gasteiger partial charge is 0.506 e. The van der Waals surface area contributed by atoms with Crippen LogP contribution in [0.15, 0.2) is 43.0 Å². The average Bonchev–Trinajstić information content (AvgIpc) is 2.98. The highest BCUT2D eigenvalue weighted by Gasteiger charge is 2.26. The Morgan fingerprint density at radius 1 is 1.22 bits per heavy atom. The summed E-state index contributed by atoms with van der Waals surface area (Å²) in [5.74, 6) is 0.159. The van der Waals surface area contributed by atoms with Crippen molar-refractivity contribution < 1.29 is 9.90 Å². The maximum Gasteiger partial charge on any atom is 0.258 e. The number of carbonyl (C=O) groups excluding carboxylic acids is 1. The van der Waals surface area contributed by atoms with E-state index in [9.17, 15) is 9.90 Å². The van der Waals surface area contributed by atoms with Crippen molar-refractivity contribution in [3.8, 4) is 5.75 Å². The minimum absolute atomic E-state index is 0.0188. The highest BCUT2D eigenvalue weighted by Crippen LogP contribution is 2.32. The quantitative estimate of drug-likeness (QED) is 0.917. The van der Waals surface area contributed by atoms with E-state index in [0.29, 0.717) is 24.2 Å². The van der Waals surface area contributed by atoms with Gasteiger partial charge in [0.05, 0.1) is 5.56 Å². The number of phenols is 1. The molecule has 118 valence electrons. The molecule has 0 unspecified atom stereocenters. The molecule has 3 heteroatoms. The predicted octanol–water partition coefficient (Wildman–Crippen LogP) is 4.31. The molecule has 0 saturated carbocycles. The molecule has 0 atom stereocenters. The lowest BCUT2D eigenvalue weighted by Crippen LogP contribution is -2.25. The number of carbonyl (C=O) groups is 1. The van der Waals surface area contributed by atoms with Gasteiger partial charge >= 0.3 is 0 Å². The summed E-state index contributed by atoms with van der Waals surface area (Å²) >= 11 is 0. The third kappa shape index (κ3) is 2.74. The Kier molecular flexibility index (Phi) is 3.95. The van der Waals surface area contributed by atoms with Crippen LogP contribution in [0.4, 0.5) is 0 Å². The third-order valence-electron chi connectivity index (χ3n) is 4.41. The second-order valence-electron chi connectivity index (χ2n) is 6.30. The topological polar surface area (TPSA) is 40.5 Å². The van der Waals surface area contributed by atoms with Gasteiger partial charge < -0.3 is 10.0 Å². The van der Waals surface area contributed by atoms with Crippen LogP contribution in [0.2, 0.25) is 0 Å². The highest BCUT2D eigenvalue weighted by atomic mass is 16.3. The van der Waals surface area contributed by atoms with Crippen molar-refractivity contribution in [2.24, 2.45) is 0 Å². The minimum atomic E-state index is -0.135. The van der Waals surface area contributed by atoms with Crippen LogP contribution in [0.3, 0.4) is 0 Å². The molecule has 1 heterocycles. The Bertz CT molecular complexity index is 752. The van der Waals surface area contributed by atoms with Gasteiger partial charge in [0.15, 0.2) is 0 Å². The van der Waals surface area contributed by atoms with Gasteiger partial charge in [-0.1, -0.05) is 50.8 Å². The van der Waals surface area contributed by atoms with Crippen molar-refractivity contribution in [2.75, 3.05) is 0 Å². The fraction of sp³-hybridized carbons (Fsp3) is 0.250. The molecular formula is C20H21NO2.